The quantitative estimate of drug-likeness (QED) is 0.598. The molecule has 0 unspecified atom stereocenters. The van der Waals surface area contributed by atoms with E-state index in [9.17, 15) is 9.18 Å². The molecule has 0 aliphatic rings. The van der Waals surface area contributed by atoms with Crippen LogP contribution in [0, 0.1) is 5.82 Å². The first kappa shape index (κ1) is 17.1. The van der Waals surface area contributed by atoms with Crippen molar-refractivity contribution in [2.45, 2.75) is 19.4 Å². The molecule has 0 N–H and O–H groups in total. The first-order valence-electron chi connectivity index (χ1n) is 7.49. The van der Waals surface area contributed by atoms with Gasteiger partial charge in [0.05, 0.1) is 13.5 Å². The second kappa shape index (κ2) is 7.89. The number of aromatic nitrogens is 2. The monoisotopic (exact) mass is 362 g/mol. The van der Waals surface area contributed by atoms with Gasteiger partial charge in [-0.25, -0.2) is 4.39 Å². The van der Waals surface area contributed by atoms with E-state index in [-0.39, 0.29) is 19.4 Å². The van der Waals surface area contributed by atoms with Crippen molar-refractivity contribution in [1.82, 2.24) is 10.1 Å². The third-order valence-electron chi connectivity index (χ3n) is 3.42. The molecule has 3 aromatic rings. The summed E-state index contributed by atoms with van der Waals surface area (Å²) in [5.41, 5.74) is 1.34. The molecule has 3 rings (SSSR count). The Morgan fingerprint density at radius 2 is 2.24 bits per heavy atom. The average molecular weight is 362 g/mol. The predicted molar refractivity (Wildman–Crippen MR) is 88.7 cm³/mol. The molecule has 0 aliphatic carbocycles. The zero-order chi connectivity index (χ0) is 17.6. The summed E-state index contributed by atoms with van der Waals surface area (Å²) in [5, 5.41) is 7.70. The number of hydrogen-bond donors (Lipinski definition) is 0. The molecule has 0 bridgehead atoms. The lowest BCUT2D eigenvalue weighted by Crippen LogP contribution is -2.07. The average Bonchev–Trinajstić information content (AvgIpc) is 3.29. The number of hydrogen-bond acceptors (Lipinski definition) is 7. The second-order valence-electron chi connectivity index (χ2n) is 5.14. The number of benzene rings is 1. The van der Waals surface area contributed by atoms with Crippen LogP contribution in [0.3, 0.4) is 0 Å². The van der Waals surface area contributed by atoms with E-state index in [4.69, 9.17) is 14.0 Å². The zero-order valence-corrected chi connectivity index (χ0v) is 14.2. The van der Waals surface area contributed by atoms with E-state index in [1.165, 1.54) is 36.6 Å². The van der Waals surface area contributed by atoms with E-state index in [1.54, 1.807) is 0 Å². The Hall–Kier alpha value is -2.74. The summed E-state index contributed by atoms with van der Waals surface area (Å²) in [7, 11) is 1.47. The Bertz CT molecular complexity index is 848. The molecule has 0 saturated carbocycles. The molecule has 130 valence electrons. The standard InChI is InChI=1S/C17H15FN2O4S/c1-22-14-3-2-13(18)8-12(14)9-23-16(21)5-4-15-19-17(20-24-15)11-6-7-25-10-11/h2-3,6-8,10H,4-5,9H2,1H3. The maximum atomic E-state index is 13.3. The van der Waals surface area contributed by atoms with Crippen LogP contribution in [0.2, 0.25) is 0 Å². The van der Waals surface area contributed by atoms with Crippen LogP contribution < -0.4 is 4.74 Å². The molecular weight excluding hydrogens is 347 g/mol. The smallest absolute Gasteiger partial charge is 0.306 e. The Kier molecular flexibility index (Phi) is 5.39. The number of carbonyl (C=O) groups excluding carboxylic acids is 1. The van der Waals surface area contributed by atoms with E-state index in [2.05, 4.69) is 10.1 Å². The number of esters is 1. The Morgan fingerprint density at radius 3 is 3.00 bits per heavy atom. The lowest BCUT2D eigenvalue weighted by atomic mass is 10.2. The minimum absolute atomic E-state index is 0.0657. The van der Waals surface area contributed by atoms with Crippen molar-refractivity contribution in [3.8, 4) is 17.1 Å². The molecule has 0 amide bonds. The van der Waals surface area contributed by atoms with Gasteiger partial charge in [0.15, 0.2) is 0 Å². The van der Waals surface area contributed by atoms with Crippen LogP contribution in [0.15, 0.2) is 39.5 Å². The topological polar surface area (TPSA) is 74.5 Å². The van der Waals surface area contributed by atoms with Crippen LogP contribution in [-0.2, 0) is 22.6 Å². The Balaban J connectivity index is 1.51. The summed E-state index contributed by atoms with van der Waals surface area (Å²) in [4.78, 5) is 16.1. The lowest BCUT2D eigenvalue weighted by molar-refractivity contribution is -0.145. The van der Waals surface area contributed by atoms with Crippen molar-refractivity contribution in [1.29, 1.82) is 0 Å². The SMILES string of the molecule is COc1ccc(F)cc1COC(=O)CCc1nc(-c2ccsc2)no1. The van der Waals surface area contributed by atoms with Crippen molar-refractivity contribution in [2.75, 3.05) is 7.11 Å². The van der Waals surface area contributed by atoms with Gasteiger partial charge in [0, 0.05) is 22.9 Å². The van der Waals surface area contributed by atoms with Gasteiger partial charge in [0.1, 0.15) is 18.2 Å². The maximum Gasteiger partial charge on any atom is 0.306 e. The third kappa shape index (κ3) is 4.42. The van der Waals surface area contributed by atoms with Crippen LogP contribution in [0.1, 0.15) is 17.9 Å². The predicted octanol–water partition coefficient (Wildman–Crippen LogP) is 3.62. The summed E-state index contributed by atoms with van der Waals surface area (Å²) in [6, 6.07) is 5.94. The van der Waals surface area contributed by atoms with Gasteiger partial charge in [-0.3, -0.25) is 4.79 Å². The van der Waals surface area contributed by atoms with Gasteiger partial charge in [0.2, 0.25) is 11.7 Å². The van der Waals surface area contributed by atoms with Crippen LogP contribution in [-0.4, -0.2) is 23.2 Å². The van der Waals surface area contributed by atoms with E-state index >= 15 is 0 Å². The van der Waals surface area contributed by atoms with E-state index in [1.807, 2.05) is 16.8 Å². The first-order chi connectivity index (χ1) is 12.2. The number of thiophene rings is 1. The molecular formula is C17H15FN2O4S. The number of carbonyl (C=O) groups is 1. The van der Waals surface area contributed by atoms with Gasteiger partial charge < -0.3 is 14.0 Å². The molecule has 0 aliphatic heterocycles. The summed E-state index contributed by atoms with van der Waals surface area (Å²) in [5.74, 6) is 0.461. The number of methoxy groups -OCH3 is 1. The number of halogens is 1. The van der Waals surface area contributed by atoms with Crippen LogP contribution in [0.4, 0.5) is 4.39 Å². The van der Waals surface area contributed by atoms with Crippen LogP contribution >= 0.6 is 11.3 Å². The van der Waals surface area contributed by atoms with Gasteiger partial charge >= 0.3 is 5.97 Å². The summed E-state index contributed by atoms with van der Waals surface area (Å²) in [6.07, 6.45) is 0.360. The van der Waals surface area contributed by atoms with Gasteiger partial charge in [-0.1, -0.05) is 5.16 Å². The molecule has 25 heavy (non-hydrogen) atoms. The van der Waals surface area contributed by atoms with Gasteiger partial charge in [-0.05, 0) is 29.6 Å². The molecule has 2 heterocycles. The lowest BCUT2D eigenvalue weighted by Gasteiger charge is -2.09. The number of rotatable bonds is 7. The normalized spacial score (nSPS) is 10.6. The molecule has 0 spiro atoms. The minimum Gasteiger partial charge on any atom is -0.496 e. The van der Waals surface area contributed by atoms with E-state index < -0.39 is 11.8 Å². The van der Waals surface area contributed by atoms with Crippen molar-refractivity contribution in [3.05, 3.63) is 52.3 Å². The minimum atomic E-state index is -0.443. The number of nitrogens with zero attached hydrogens (tertiary/aromatic N) is 2. The molecule has 6 nitrogen and oxygen atoms in total. The third-order valence-corrected chi connectivity index (χ3v) is 4.10. The van der Waals surface area contributed by atoms with Gasteiger partial charge in [0.25, 0.3) is 0 Å². The fourth-order valence-electron chi connectivity index (χ4n) is 2.16. The fourth-order valence-corrected chi connectivity index (χ4v) is 2.80. The summed E-state index contributed by atoms with van der Waals surface area (Å²) < 4.78 is 28.7. The largest absolute Gasteiger partial charge is 0.496 e. The van der Waals surface area contributed by atoms with Gasteiger partial charge in [-0.2, -0.15) is 16.3 Å². The Labute approximate surface area is 147 Å². The first-order valence-corrected chi connectivity index (χ1v) is 8.43. The van der Waals surface area contributed by atoms with E-state index in [0.717, 1.165) is 5.56 Å². The molecule has 8 heteroatoms. The van der Waals surface area contributed by atoms with Crippen molar-refractivity contribution >= 4 is 17.3 Å². The molecule has 0 fully saturated rings. The highest BCUT2D eigenvalue weighted by molar-refractivity contribution is 7.08. The number of aryl methyl sites for hydroxylation is 1. The molecule has 2 aromatic heterocycles. The van der Waals surface area contributed by atoms with E-state index in [0.29, 0.717) is 23.0 Å². The van der Waals surface area contributed by atoms with Crippen molar-refractivity contribution in [2.24, 2.45) is 0 Å². The highest BCUT2D eigenvalue weighted by Crippen LogP contribution is 2.21. The molecule has 0 saturated heterocycles. The van der Waals surface area contributed by atoms with Gasteiger partial charge in [-0.15, -0.1) is 0 Å². The summed E-state index contributed by atoms with van der Waals surface area (Å²) >= 11 is 1.54. The second-order valence-corrected chi connectivity index (χ2v) is 5.92. The Morgan fingerprint density at radius 1 is 1.36 bits per heavy atom. The molecule has 0 radical (unpaired) electrons. The van der Waals surface area contributed by atoms with Crippen molar-refractivity contribution < 1.29 is 23.2 Å². The maximum absolute atomic E-state index is 13.3. The summed E-state index contributed by atoms with van der Waals surface area (Å²) in [6.45, 7) is -0.0657. The zero-order valence-electron chi connectivity index (χ0n) is 13.4. The highest BCUT2D eigenvalue weighted by Gasteiger charge is 2.13. The van der Waals surface area contributed by atoms with Crippen LogP contribution in [0.25, 0.3) is 11.4 Å². The molecule has 0 atom stereocenters. The fraction of sp³-hybridized carbons (Fsp3) is 0.235. The highest BCUT2D eigenvalue weighted by atomic mass is 32.1. The van der Waals surface area contributed by atoms with Crippen molar-refractivity contribution in [3.63, 3.8) is 0 Å². The molecule has 1 aromatic carbocycles. The van der Waals surface area contributed by atoms with Crippen LogP contribution in [0.5, 0.6) is 5.75 Å². The number of ether oxygens (including phenoxy) is 2.